The Kier molecular flexibility index (Phi) is 4.22. The van der Waals surface area contributed by atoms with E-state index >= 15 is 0 Å². The lowest BCUT2D eigenvalue weighted by molar-refractivity contribution is -0.384. The van der Waals surface area contributed by atoms with Crippen molar-refractivity contribution in [3.8, 4) is 11.1 Å². The number of aromatic nitrogens is 2. The number of nitro groups is 1. The average Bonchev–Trinajstić information content (AvgIpc) is 2.47. The fraction of sp³-hybridized carbons (Fsp3) is 0.214. The standard InChI is InChI=1S/C14H13N3O4/c1-3-21-14(18)13-11(8-9(2)15-16-13)10-6-4-5-7-12(10)17(19)20/h4-8H,3H2,1-2H3. The number of hydrogen-bond donors (Lipinski definition) is 0. The third kappa shape index (κ3) is 3.02. The molecule has 0 unspecified atom stereocenters. The number of carbonyl (C=O) groups is 1. The third-order valence-electron chi connectivity index (χ3n) is 2.78. The van der Waals surface area contributed by atoms with E-state index in [1.807, 2.05) is 0 Å². The minimum Gasteiger partial charge on any atom is -0.461 e. The van der Waals surface area contributed by atoms with E-state index in [-0.39, 0.29) is 18.0 Å². The van der Waals surface area contributed by atoms with E-state index in [1.165, 1.54) is 6.07 Å². The second kappa shape index (κ2) is 6.08. The maximum Gasteiger partial charge on any atom is 0.359 e. The molecule has 0 aliphatic rings. The predicted octanol–water partition coefficient (Wildman–Crippen LogP) is 2.54. The number of carbonyl (C=O) groups excluding carboxylic acids is 1. The topological polar surface area (TPSA) is 95.2 Å². The van der Waals surface area contributed by atoms with Crippen LogP contribution in [0, 0.1) is 17.0 Å². The van der Waals surface area contributed by atoms with Gasteiger partial charge in [-0.15, -0.1) is 5.10 Å². The number of benzene rings is 1. The highest BCUT2D eigenvalue weighted by atomic mass is 16.6. The van der Waals surface area contributed by atoms with Crippen LogP contribution in [0.3, 0.4) is 0 Å². The summed E-state index contributed by atoms with van der Waals surface area (Å²) in [6, 6.07) is 7.75. The van der Waals surface area contributed by atoms with Gasteiger partial charge in [0.25, 0.3) is 5.69 Å². The van der Waals surface area contributed by atoms with Gasteiger partial charge in [0.15, 0.2) is 5.69 Å². The van der Waals surface area contributed by atoms with Crippen LogP contribution >= 0.6 is 0 Å². The Morgan fingerprint density at radius 3 is 2.67 bits per heavy atom. The minimum atomic E-state index is -0.654. The first-order valence-corrected chi connectivity index (χ1v) is 6.29. The summed E-state index contributed by atoms with van der Waals surface area (Å²) in [7, 11) is 0. The predicted molar refractivity (Wildman–Crippen MR) is 74.8 cm³/mol. The van der Waals surface area contributed by atoms with Gasteiger partial charge in [0.2, 0.25) is 0 Å². The van der Waals surface area contributed by atoms with E-state index in [0.29, 0.717) is 16.8 Å². The van der Waals surface area contributed by atoms with Gasteiger partial charge in [-0.25, -0.2) is 4.79 Å². The molecule has 1 heterocycles. The Morgan fingerprint density at radius 1 is 1.29 bits per heavy atom. The Bertz CT molecular complexity index is 700. The zero-order valence-electron chi connectivity index (χ0n) is 11.6. The SMILES string of the molecule is CCOC(=O)c1nnc(C)cc1-c1ccccc1[N+](=O)[O-]. The van der Waals surface area contributed by atoms with Crippen LogP contribution in [0.15, 0.2) is 30.3 Å². The largest absolute Gasteiger partial charge is 0.461 e. The van der Waals surface area contributed by atoms with E-state index in [4.69, 9.17) is 4.74 Å². The van der Waals surface area contributed by atoms with Gasteiger partial charge in [0.1, 0.15) is 0 Å². The monoisotopic (exact) mass is 287 g/mol. The van der Waals surface area contributed by atoms with Crippen molar-refractivity contribution in [3.63, 3.8) is 0 Å². The van der Waals surface area contributed by atoms with Gasteiger partial charge in [0, 0.05) is 11.6 Å². The van der Waals surface area contributed by atoms with Crippen molar-refractivity contribution in [3.05, 3.63) is 51.8 Å². The first-order chi connectivity index (χ1) is 10.0. The molecule has 0 amide bonds. The summed E-state index contributed by atoms with van der Waals surface area (Å²) in [6.07, 6.45) is 0. The molecule has 0 N–H and O–H groups in total. The molecule has 108 valence electrons. The number of nitro benzene ring substituents is 1. The fourth-order valence-corrected chi connectivity index (χ4v) is 1.90. The number of para-hydroxylation sites is 1. The highest BCUT2D eigenvalue weighted by molar-refractivity contribution is 5.96. The van der Waals surface area contributed by atoms with Gasteiger partial charge in [-0.1, -0.05) is 12.1 Å². The van der Waals surface area contributed by atoms with Crippen molar-refractivity contribution in [2.45, 2.75) is 13.8 Å². The van der Waals surface area contributed by atoms with Crippen LogP contribution in [-0.2, 0) is 4.74 Å². The van der Waals surface area contributed by atoms with Crippen LogP contribution in [0.4, 0.5) is 5.69 Å². The lowest BCUT2D eigenvalue weighted by Crippen LogP contribution is -2.11. The van der Waals surface area contributed by atoms with Crippen molar-refractivity contribution in [2.24, 2.45) is 0 Å². The molecule has 0 aliphatic carbocycles. The summed E-state index contributed by atoms with van der Waals surface area (Å²) < 4.78 is 4.92. The van der Waals surface area contributed by atoms with E-state index in [9.17, 15) is 14.9 Å². The van der Waals surface area contributed by atoms with Crippen molar-refractivity contribution >= 4 is 11.7 Å². The normalized spacial score (nSPS) is 10.2. The Morgan fingerprint density at radius 2 is 2.00 bits per heavy atom. The van der Waals surface area contributed by atoms with E-state index in [2.05, 4.69) is 10.2 Å². The van der Waals surface area contributed by atoms with E-state index in [0.717, 1.165) is 0 Å². The first-order valence-electron chi connectivity index (χ1n) is 6.29. The Labute approximate surface area is 120 Å². The number of rotatable bonds is 4. The second-order valence-electron chi connectivity index (χ2n) is 4.24. The molecule has 0 aliphatic heterocycles. The van der Waals surface area contributed by atoms with Crippen LogP contribution in [0.2, 0.25) is 0 Å². The van der Waals surface area contributed by atoms with Crippen LogP contribution in [0.1, 0.15) is 23.1 Å². The van der Waals surface area contributed by atoms with Crippen molar-refractivity contribution < 1.29 is 14.5 Å². The molecule has 0 atom stereocenters. The lowest BCUT2D eigenvalue weighted by atomic mass is 10.0. The van der Waals surface area contributed by atoms with E-state index < -0.39 is 10.9 Å². The van der Waals surface area contributed by atoms with E-state index in [1.54, 1.807) is 38.1 Å². The maximum absolute atomic E-state index is 11.9. The first kappa shape index (κ1) is 14.6. The second-order valence-corrected chi connectivity index (χ2v) is 4.24. The molecule has 7 nitrogen and oxygen atoms in total. The molecule has 0 saturated heterocycles. The number of hydrogen-bond acceptors (Lipinski definition) is 6. The van der Waals surface area contributed by atoms with Gasteiger partial charge in [-0.3, -0.25) is 10.1 Å². The van der Waals surface area contributed by atoms with Gasteiger partial charge >= 0.3 is 5.97 Å². The van der Waals surface area contributed by atoms with Crippen LogP contribution in [0.25, 0.3) is 11.1 Å². The molecule has 1 aromatic carbocycles. The lowest BCUT2D eigenvalue weighted by Gasteiger charge is -2.08. The summed E-state index contributed by atoms with van der Waals surface area (Å²) in [5.41, 5.74) is 1.07. The Balaban J connectivity index is 2.66. The van der Waals surface area contributed by atoms with Crippen molar-refractivity contribution in [1.29, 1.82) is 0 Å². The molecule has 0 radical (unpaired) electrons. The van der Waals surface area contributed by atoms with Crippen LogP contribution in [-0.4, -0.2) is 27.7 Å². The molecule has 7 heteroatoms. The fourth-order valence-electron chi connectivity index (χ4n) is 1.90. The van der Waals surface area contributed by atoms with Crippen molar-refractivity contribution in [2.75, 3.05) is 6.61 Å². The summed E-state index contributed by atoms with van der Waals surface area (Å²) in [4.78, 5) is 22.6. The summed E-state index contributed by atoms with van der Waals surface area (Å²) in [5, 5.41) is 18.8. The molecule has 1 aromatic heterocycles. The maximum atomic E-state index is 11.9. The van der Waals surface area contributed by atoms with Gasteiger partial charge < -0.3 is 4.74 Å². The zero-order valence-corrected chi connectivity index (χ0v) is 11.6. The zero-order chi connectivity index (χ0) is 15.4. The van der Waals surface area contributed by atoms with Gasteiger partial charge in [0.05, 0.1) is 22.8 Å². The van der Waals surface area contributed by atoms with Crippen molar-refractivity contribution in [1.82, 2.24) is 10.2 Å². The molecule has 0 bridgehead atoms. The molecule has 0 saturated carbocycles. The number of nitrogens with zero attached hydrogens (tertiary/aromatic N) is 3. The molecule has 2 rings (SSSR count). The number of esters is 1. The summed E-state index contributed by atoms with van der Waals surface area (Å²) in [6.45, 7) is 3.55. The average molecular weight is 287 g/mol. The molecular weight excluding hydrogens is 274 g/mol. The van der Waals surface area contributed by atoms with Gasteiger partial charge in [-0.05, 0) is 26.0 Å². The Hall–Kier alpha value is -2.83. The van der Waals surface area contributed by atoms with Crippen LogP contribution < -0.4 is 0 Å². The quantitative estimate of drug-likeness (QED) is 0.487. The molecule has 21 heavy (non-hydrogen) atoms. The molecular formula is C14H13N3O4. The summed E-state index contributed by atoms with van der Waals surface area (Å²) in [5.74, 6) is -0.654. The number of ether oxygens (including phenoxy) is 1. The van der Waals surface area contributed by atoms with Gasteiger partial charge in [-0.2, -0.15) is 5.10 Å². The highest BCUT2D eigenvalue weighted by Crippen LogP contribution is 2.31. The highest BCUT2D eigenvalue weighted by Gasteiger charge is 2.22. The third-order valence-corrected chi connectivity index (χ3v) is 2.78. The summed E-state index contributed by atoms with van der Waals surface area (Å²) >= 11 is 0. The molecule has 2 aromatic rings. The molecule has 0 fully saturated rings. The minimum absolute atomic E-state index is 0.0308. The smallest absolute Gasteiger partial charge is 0.359 e. The number of aryl methyl sites for hydroxylation is 1. The van der Waals surface area contributed by atoms with Crippen LogP contribution in [0.5, 0.6) is 0 Å². The molecule has 0 spiro atoms.